The standard InChI is InChI=1S/C28H23N2O6.CHF3O2S/c1-29-22-8-4-2-6-20(22)27(21-7-3-5-9-23(21)29)28(34)35-19-13-10-18(11-14-19)12-17-26(33)36-30-24(31)15-16-25(30)32;2-1(3,4)7(5)6/h2-11,13-14H,12,15-17H2,1H3;(H,5,6)/q+1;/p-1. The van der Waals surface area contributed by atoms with Crippen LogP contribution < -0.4 is 9.30 Å². The number of alkyl halides is 3. The topological polar surface area (TPSA) is 134 Å². The van der Waals surface area contributed by atoms with E-state index in [1.807, 2.05) is 55.6 Å². The highest BCUT2D eigenvalue weighted by atomic mass is 32.2. The number of hydroxylamine groups is 2. The fraction of sp³-hybridized carbons (Fsp3) is 0.207. The molecule has 43 heavy (non-hydrogen) atoms. The summed E-state index contributed by atoms with van der Waals surface area (Å²) < 4.78 is 57.3. The van der Waals surface area contributed by atoms with Crippen LogP contribution >= 0.6 is 0 Å². The van der Waals surface area contributed by atoms with Crippen molar-refractivity contribution < 1.29 is 55.3 Å². The van der Waals surface area contributed by atoms with Crippen molar-refractivity contribution in [2.24, 2.45) is 7.05 Å². The molecule has 1 fully saturated rings. The lowest BCUT2D eigenvalue weighted by atomic mass is 10.0. The van der Waals surface area contributed by atoms with Gasteiger partial charge in [0, 0.05) is 25.0 Å². The van der Waals surface area contributed by atoms with Gasteiger partial charge in [-0.2, -0.15) is 17.7 Å². The number of pyridine rings is 1. The molecule has 1 aliphatic rings. The van der Waals surface area contributed by atoms with Gasteiger partial charge in [0.05, 0.1) is 33.8 Å². The highest BCUT2D eigenvalue weighted by molar-refractivity contribution is 7.80. The van der Waals surface area contributed by atoms with Crippen molar-refractivity contribution in [1.29, 1.82) is 0 Å². The number of aryl methyl sites for hydroxylation is 2. The summed E-state index contributed by atoms with van der Waals surface area (Å²) in [4.78, 5) is 53.4. The van der Waals surface area contributed by atoms with Gasteiger partial charge in [-0.3, -0.25) is 13.8 Å². The van der Waals surface area contributed by atoms with Gasteiger partial charge < -0.3 is 14.1 Å². The van der Waals surface area contributed by atoms with Gasteiger partial charge in [-0.05, 0) is 36.2 Å². The third-order valence-electron chi connectivity index (χ3n) is 6.41. The maximum atomic E-state index is 13.3. The molecule has 14 heteroatoms. The highest BCUT2D eigenvalue weighted by Crippen LogP contribution is 2.26. The second-order valence-corrected chi connectivity index (χ2v) is 10.2. The second-order valence-electron chi connectivity index (χ2n) is 9.23. The van der Waals surface area contributed by atoms with Crippen LogP contribution in [0.3, 0.4) is 0 Å². The summed E-state index contributed by atoms with van der Waals surface area (Å²) in [5.41, 5.74) is -1.93. The molecule has 5 rings (SSSR count). The molecule has 0 aliphatic carbocycles. The Morgan fingerprint density at radius 2 is 1.40 bits per heavy atom. The first kappa shape index (κ1) is 31.3. The minimum atomic E-state index is -5.08. The van der Waals surface area contributed by atoms with Crippen molar-refractivity contribution in [2.45, 2.75) is 31.2 Å². The van der Waals surface area contributed by atoms with Gasteiger partial charge in [0.15, 0.2) is 0 Å². The van der Waals surface area contributed by atoms with Crippen molar-refractivity contribution >= 4 is 56.6 Å². The van der Waals surface area contributed by atoms with E-state index in [2.05, 4.69) is 4.57 Å². The predicted molar refractivity (Wildman–Crippen MR) is 145 cm³/mol. The molecule has 1 atom stereocenters. The molecule has 2 amide bonds. The van der Waals surface area contributed by atoms with Crippen LogP contribution in [-0.4, -0.2) is 43.1 Å². The van der Waals surface area contributed by atoms with E-state index in [-0.39, 0.29) is 19.3 Å². The number of amides is 2. The van der Waals surface area contributed by atoms with Gasteiger partial charge in [-0.15, -0.1) is 5.06 Å². The lowest BCUT2D eigenvalue weighted by molar-refractivity contribution is -0.617. The molecular formula is C29H23F3N2O8S. The molecule has 1 aromatic heterocycles. The predicted octanol–water partition coefficient (Wildman–Crippen LogP) is 3.96. The van der Waals surface area contributed by atoms with Gasteiger partial charge >= 0.3 is 17.4 Å². The van der Waals surface area contributed by atoms with E-state index in [1.54, 1.807) is 24.3 Å². The number of carbonyl (C=O) groups excluding carboxylic acids is 4. The van der Waals surface area contributed by atoms with Crippen LogP contribution in [0.4, 0.5) is 13.2 Å². The molecule has 0 N–H and O–H groups in total. The number of aromatic nitrogens is 1. The summed E-state index contributed by atoms with van der Waals surface area (Å²) in [5.74, 6) is -1.76. The van der Waals surface area contributed by atoms with Crippen molar-refractivity contribution in [3.8, 4) is 5.75 Å². The number of imide groups is 1. The first-order valence-corrected chi connectivity index (χ1v) is 13.8. The van der Waals surface area contributed by atoms with Gasteiger partial charge in [0.25, 0.3) is 11.8 Å². The van der Waals surface area contributed by atoms with Gasteiger partial charge in [-0.25, -0.2) is 9.59 Å². The van der Waals surface area contributed by atoms with Crippen LogP contribution in [0.5, 0.6) is 5.75 Å². The summed E-state index contributed by atoms with van der Waals surface area (Å²) in [6, 6.07) is 22.2. The largest absolute Gasteiger partial charge is 0.766 e. The van der Waals surface area contributed by atoms with Gasteiger partial charge in [0.2, 0.25) is 11.0 Å². The van der Waals surface area contributed by atoms with Crippen molar-refractivity contribution in [2.75, 3.05) is 0 Å². The lowest BCUT2D eigenvalue weighted by Crippen LogP contribution is -2.32. The summed E-state index contributed by atoms with van der Waals surface area (Å²) in [7, 11) is 1.97. The van der Waals surface area contributed by atoms with Crippen molar-refractivity contribution in [3.05, 3.63) is 83.9 Å². The Kier molecular flexibility index (Phi) is 9.51. The van der Waals surface area contributed by atoms with E-state index in [0.717, 1.165) is 27.4 Å². The Labute approximate surface area is 244 Å². The van der Waals surface area contributed by atoms with Crippen LogP contribution in [0.1, 0.15) is 35.2 Å². The molecule has 10 nitrogen and oxygen atoms in total. The van der Waals surface area contributed by atoms with E-state index in [0.29, 0.717) is 22.8 Å². The van der Waals surface area contributed by atoms with E-state index >= 15 is 0 Å². The maximum Gasteiger partial charge on any atom is 0.458 e. The van der Waals surface area contributed by atoms with E-state index in [4.69, 9.17) is 18.3 Å². The molecule has 3 aromatic carbocycles. The molecular weight excluding hydrogens is 593 g/mol. The monoisotopic (exact) mass is 616 g/mol. The number of fused-ring (bicyclic) bond motifs is 2. The molecule has 2 heterocycles. The lowest BCUT2D eigenvalue weighted by Gasteiger charge is -2.12. The molecule has 1 aliphatic heterocycles. The smallest absolute Gasteiger partial charge is 0.458 e. The normalized spacial score (nSPS) is 13.9. The Balaban J connectivity index is 0.000000541. The molecule has 1 saturated heterocycles. The number of benzene rings is 3. The minimum absolute atomic E-state index is 0.00476. The second kappa shape index (κ2) is 13.1. The fourth-order valence-electron chi connectivity index (χ4n) is 4.38. The number of nitrogens with zero attached hydrogens (tertiary/aromatic N) is 2. The Morgan fingerprint density at radius 1 is 0.907 bits per heavy atom. The zero-order chi connectivity index (χ0) is 31.3. The minimum Gasteiger partial charge on any atom is -0.766 e. The number of hydrogen-bond acceptors (Lipinski definition) is 8. The Bertz CT molecular complexity index is 1670. The zero-order valence-corrected chi connectivity index (χ0v) is 23.3. The zero-order valence-electron chi connectivity index (χ0n) is 22.5. The molecule has 0 radical (unpaired) electrons. The number of esters is 1. The maximum absolute atomic E-state index is 13.3. The molecule has 1 unspecified atom stereocenters. The molecule has 0 bridgehead atoms. The number of rotatable bonds is 6. The third-order valence-corrected chi connectivity index (χ3v) is 6.79. The Morgan fingerprint density at radius 3 is 1.88 bits per heavy atom. The SMILES string of the molecule is C[n+]1c2ccccc2c(C(=O)Oc2ccc(CCC(=O)ON3C(=O)CCC3=O)cc2)c2ccccc21.O=S([O-])C(F)(F)F. The average molecular weight is 617 g/mol. The van der Waals surface area contributed by atoms with Gasteiger partial charge in [0.1, 0.15) is 12.8 Å². The van der Waals surface area contributed by atoms with Crippen molar-refractivity contribution in [3.63, 3.8) is 0 Å². The molecule has 0 saturated carbocycles. The van der Waals surface area contributed by atoms with Crippen LogP contribution in [0, 0.1) is 0 Å². The molecule has 0 spiro atoms. The quantitative estimate of drug-likeness (QED) is 0.0794. The molecule has 224 valence electrons. The first-order chi connectivity index (χ1) is 20.4. The van der Waals surface area contributed by atoms with Crippen LogP contribution in [0.15, 0.2) is 72.8 Å². The van der Waals surface area contributed by atoms with Gasteiger partial charge in [-0.1, -0.05) is 36.4 Å². The fourth-order valence-corrected chi connectivity index (χ4v) is 4.38. The van der Waals surface area contributed by atoms with Crippen molar-refractivity contribution in [1.82, 2.24) is 5.06 Å². The van der Waals surface area contributed by atoms with E-state index in [9.17, 15) is 32.3 Å². The van der Waals surface area contributed by atoms with Crippen LogP contribution in [0.25, 0.3) is 21.8 Å². The summed E-state index contributed by atoms with van der Waals surface area (Å²) in [6.07, 6.45) is 0.446. The number of hydrogen-bond donors (Lipinski definition) is 0. The average Bonchev–Trinajstić information content (AvgIpc) is 3.29. The van der Waals surface area contributed by atoms with Crippen LogP contribution in [-0.2, 0) is 43.8 Å². The van der Waals surface area contributed by atoms with Crippen LogP contribution in [0.2, 0.25) is 0 Å². The van der Waals surface area contributed by atoms with E-state index in [1.165, 1.54) is 0 Å². The number of carbonyl (C=O) groups is 4. The number of ether oxygens (including phenoxy) is 1. The molecule has 4 aromatic rings. The summed E-state index contributed by atoms with van der Waals surface area (Å²) >= 11 is -3.93. The highest BCUT2D eigenvalue weighted by Gasteiger charge is 2.32. The number of halogens is 3. The first-order valence-electron chi connectivity index (χ1n) is 12.7. The third kappa shape index (κ3) is 7.40. The Hall–Kier alpha value is -4.69. The summed E-state index contributed by atoms with van der Waals surface area (Å²) in [6.45, 7) is 0. The van der Waals surface area contributed by atoms with E-state index < -0.39 is 40.3 Å². The number of para-hydroxylation sites is 2. The summed E-state index contributed by atoms with van der Waals surface area (Å²) in [5, 5.41) is 2.14.